The van der Waals surface area contributed by atoms with Crippen LogP contribution in [0.2, 0.25) is 0 Å². The van der Waals surface area contributed by atoms with Crippen LogP contribution in [-0.4, -0.2) is 76.8 Å². The summed E-state index contributed by atoms with van der Waals surface area (Å²) in [5.41, 5.74) is 12.0. The van der Waals surface area contributed by atoms with Gasteiger partial charge in [-0.1, -0.05) is 57.2 Å². The summed E-state index contributed by atoms with van der Waals surface area (Å²) in [6, 6.07) is 20.4. The van der Waals surface area contributed by atoms with Gasteiger partial charge < -0.3 is 30.3 Å². The molecule has 5 N–H and O–H groups in total. The van der Waals surface area contributed by atoms with Gasteiger partial charge in [0.05, 0.1) is 18.8 Å². The molecule has 292 valence electrons. The summed E-state index contributed by atoms with van der Waals surface area (Å²) >= 11 is 0. The van der Waals surface area contributed by atoms with E-state index in [0.717, 1.165) is 106 Å². The predicted octanol–water partition coefficient (Wildman–Crippen LogP) is 6.22. The van der Waals surface area contributed by atoms with Crippen molar-refractivity contribution in [1.29, 1.82) is 0 Å². The number of carbonyl (C=O) groups excluding carboxylic acids is 1. The number of hydrogen-bond donors (Lipinski definition) is 3. The number of allylic oxidation sites excluding steroid dienone is 1. The second-order valence-electron chi connectivity index (χ2n) is 16.3. The summed E-state index contributed by atoms with van der Waals surface area (Å²) in [6.45, 7) is 14.0. The van der Waals surface area contributed by atoms with Gasteiger partial charge in [0.1, 0.15) is 17.5 Å². The van der Waals surface area contributed by atoms with E-state index in [1.54, 1.807) is 0 Å². The van der Waals surface area contributed by atoms with Crippen molar-refractivity contribution in [2.75, 3.05) is 44.3 Å². The zero-order valence-corrected chi connectivity index (χ0v) is 32.9. The van der Waals surface area contributed by atoms with Gasteiger partial charge in [-0.15, -0.1) is 15.2 Å². The van der Waals surface area contributed by atoms with E-state index in [1.165, 1.54) is 12.0 Å². The number of nitrogens with two attached hydrogens (primary N) is 2. The summed E-state index contributed by atoms with van der Waals surface area (Å²) in [7, 11) is 0. The Labute approximate surface area is 325 Å². The molecule has 12 nitrogen and oxygen atoms in total. The van der Waals surface area contributed by atoms with Gasteiger partial charge in [-0.05, 0) is 86.8 Å². The molecule has 2 saturated heterocycles. The molecule has 2 fully saturated rings. The first-order valence-corrected chi connectivity index (χ1v) is 20.1. The molecule has 0 bridgehead atoms. The molecular weight excluding hydrogens is 691 g/mol. The molecule has 0 saturated carbocycles. The Morgan fingerprint density at radius 2 is 1.85 bits per heavy atom. The average molecular weight is 749 g/mol. The zero-order chi connectivity index (χ0) is 38.4. The number of benzene rings is 2. The smallest absolute Gasteiger partial charge is 0.346 e. The molecular formula is C43H58N9O3+. The van der Waals surface area contributed by atoms with Crippen LogP contribution in [0.1, 0.15) is 95.1 Å². The van der Waals surface area contributed by atoms with E-state index >= 15 is 0 Å². The fourth-order valence-corrected chi connectivity index (χ4v) is 7.81. The highest BCUT2D eigenvalue weighted by Crippen LogP contribution is 2.39. The number of carbonyl (C=O) groups is 1. The minimum atomic E-state index is -0.402. The Bertz CT molecular complexity index is 1990. The molecule has 0 spiro atoms. The van der Waals surface area contributed by atoms with Gasteiger partial charge in [-0.2, -0.15) is 0 Å². The summed E-state index contributed by atoms with van der Waals surface area (Å²) in [6.07, 6.45) is 10.7. The van der Waals surface area contributed by atoms with Crippen LogP contribution < -0.4 is 26.0 Å². The maximum atomic E-state index is 13.7. The topological polar surface area (TPSA) is 139 Å². The molecule has 55 heavy (non-hydrogen) atoms. The van der Waals surface area contributed by atoms with Gasteiger partial charge in [0.2, 0.25) is 11.8 Å². The normalized spacial score (nSPS) is 21.6. The molecule has 1 aliphatic carbocycles. The lowest BCUT2D eigenvalue weighted by Gasteiger charge is -2.33. The molecule has 7 rings (SSSR count). The lowest BCUT2D eigenvalue weighted by molar-refractivity contribution is -0.441. The number of urea groups is 1. The first-order chi connectivity index (χ1) is 26.6. The van der Waals surface area contributed by atoms with Crippen molar-refractivity contribution < 1.29 is 19.6 Å². The number of rotatable bonds is 9. The quantitative estimate of drug-likeness (QED) is 0.104. The van der Waals surface area contributed by atoms with Gasteiger partial charge in [0.25, 0.3) is 0 Å². The van der Waals surface area contributed by atoms with E-state index < -0.39 is 6.03 Å². The Morgan fingerprint density at radius 3 is 2.69 bits per heavy atom. The van der Waals surface area contributed by atoms with Crippen LogP contribution in [0.4, 0.5) is 16.4 Å². The lowest BCUT2D eigenvalue weighted by Crippen LogP contribution is -2.82. The molecule has 3 aliphatic rings. The fraction of sp³-hybridized carbons (Fsp3) is 0.488. The number of nitrogens with zero attached hydrogens (tertiary/aromatic N) is 6. The highest BCUT2D eigenvalue weighted by Gasteiger charge is 2.30. The van der Waals surface area contributed by atoms with Crippen molar-refractivity contribution in [2.45, 2.75) is 90.8 Å². The molecule has 2 aromatic carbocycles. The van der Waals surface area contributed by atoms with Crippen molar-refractivity contribution in [2.24, 2.45) is 16.1 Å². The Morgan fingerprint density at radius 1 is 1.00 bits per heavy atom. The third-order valence-electron chi connectivity index (χ3n) is 11.1. The van der Waals surface area contributed by atoms with E-state index in [4.69, 9.17) is 15.2 Å². The van der Waals surface area contributed by atoms with Crippen LogP contribution in [0.25, 0.3) is 5.65 Å². The maximum Gasteiger partial charge on any atom is 0.346 e. The number of anilines is 1. The van der Waals surface area contributed by atoms with E-state index in [1.807, 2.05) is 52.3 Å². The minimum Gasteiger partial charge on any atom is -0.484 e. The number of pyridine rings is 1. The Hall–Kier alpha value is -4.78. The number of amides is 2. The van der Waals surface area contributed by atoms with Crippen LogP contribution >= 0.6 is 0 Å². The molecule has 4 aromatic rings. The number of amidine groups is 1. The third-order valence-corrected chi connectivity index (χ3v) is 11.1. The standard InChI is InChI=1S/C43H57N9O3/c1-30-11-7-8-22-51(30)42-49-48-40-19-16-33(29-52(40)42)55-37-18-17-36(34-14-5-6-15-35(34)37)46-41(53)47-39(28-38(44)43(2,3)4)45-32-13-9-12-31(27-32)20-23-50-21-10-25-54-26-24-50/h5-6,9,12-16,19,27-30,36-37H,7-8,10-11,17-18,20-26,44H2,1-4H3,(H2,45,46,47,53)/p+1/b38-28-/t30-,36-,37+/m0/s1. The first-order valence-electron chi connectivity index (χ1n) is 20.1. The summed E-state index contributed by atoms with van der Waals surface area (Å²) in [4.78, 5) is 23.1. The molecule has 12 heteroatoms. The number of fused-ring (bicyclic) bond motifs is 2. The van der Waals surface area contributed by atoms with Crippen LogP contribution in [0.15, 0.2) is 83.6 Å². The van der Waals surface area contributed by atoms with E-state index in [2.05, 4.69) is 88.3 Å². The number of ether oxygens (including phenoxy) is 2. The van der Waals surface area contributed by atoms with Crippen molar-refractivity contribution in [3.05, 3.63) is 95.3 Å². The molecule has 0 radical (unpaired) electrons. The molecule has 3 atom stereocenters. The van der Waals surface area contributed by atoms with Crippen molar-refractivity contribution in [3.63, 3.8) is 0 Å². The fourth-order valence-electron chi connectivity index (χ4n) is 7.81. The zero-order valence-electron chi connectivity index (χ0n) is 32.9. The number of quaternary nitrogens is 1. The molecule has 2 aliphatic heterocycles. The van der Waals surface area contributed by atoms with Crippen LogP contribution in [-0.2, 0) is 11.2 Å². The Balaban J connectivity index is 1.05. The summed E-state index contributed by atoms with van der Waals surface area (Å²) in [5.74, 6) is 2.14. The van der Waals surface area contributed by atoms with Gasteiger partial charge in [-0.25, -0.2) is 4.79 Å². The van der Waals surface area contributed by atoms with Crippen LogP contribution in [0, 0.1) is 5.41 Å². The number of piperidine rings is 1. The van der Waals surface area contributed by atoms with Crippen molar-refractivity contribution in [3.8, 4) is 5.75 Å². The second-order valence-corrected chi connectivity index (χ2v) is 16.3. The number of nitrogens with one attached hydrogen (secondary N) is 1. The maximum absolute atomic E-state index is 13.7. The third kappa shape index (κ3) is 9.73. The molecule has 2 amide bonds. The van der Waals surface area contributed by atoms with E-state index in [9.17, 15) is 4.79 Å². The lowest BCUT2D eigenvalue weighted by atomic mass is 9.85. The molecule has 4 heterocycles. The highest BCUT2D eigenvalue weighted by atomic mass is 16.5. The van der Waals surface area contributed by atoms with Gasteiger partial charge in [-0.3, -0.25) is 9.72 Å². The number of hydrogen-bond acceptors (Lipinski definition) is 8. The highest BCUT2D eigenvalue weighted by molar-refractivity contribution is 5.96. The summed E-state index contributed by atoms with van der Waals surface area (Å²) in [5, 5.41) is 14.1. The number of aromatic nitrogens is 3. The minimum absolute atomic E-state index is 0.169. The Kier molecular flexibility index (Phi) is 12.1. The number of aliphatic imine (C=N–C) groups is 1. The van der Waals surface area contributed by atoms with Crippen LogP contribution in [0.5, 0.6) is 5.75 Å². The first kappa shape index (κ1) is 38.5. The second kappa shape index (κ2) is 17.3. The predicted molar refractivity (Wildman–Crippen MR) is 217 cm³/mol. The van der Waals surface area contributed by atoms with Gasteiger partial charge in [0, 0.05) is 62.1 Å². The molecule has 2 aromatic heterocycles. The van der Waals surface area contributed by atoms with Gasteiger partial charge >= 0.3 is 6.03 Å². The summed E-state index contributed by atoms with van der Waals surface area (Å²) < 4.78 is 14.4. The largest absolute Gasteiger partial charge is 0.484 e. The SMILES string of the molecule is C[C@H]1CCCCN1c1nnc2ccc(O[C@@H]3CC[C@H](NC(=O)/N=C(\C=C(/N)C(C)(C)C)[NH2+]c4cccc(CCN5CCCOCC5)c4)c4ccccc43)cn12. The van der Waals surface area contributed by atoms with E-state index in [-0.39, 0.29) is 17.6 Å². The monoisotopic (exact) mass is 748 g/mol. The van der Waals surface area contributed by atoms with E-state index in [0.29, 0.717) is 24.0 Å². The van der Waals surface area contributed by atoms with Crippen LogP contribution in [0.3, 0.4) is 0 Å². The van der Waals surface area contributed by atoms with Crippen molar-refractivity contribution in [1.82, 2.24) is 24.8 Å². The van der Waals surface area contributed by atoms with Gasteiger partial charge in [0.15, 0.2) is 5.65 Å². The molecule has 0 unspecified atom stereocenters. The average Bonchev–Trinajstić information content (AvgIpc) is 3.40. The van der Waals surface area contributed by atoms with Crippen molar-refractivity contribution >= 4 is 29.1 Å².